The lowest BCUT2D eigenvalue weighted by Gasteiger charge is -2.26. The minimum Gasteiger partial charge on any atom is -0.486 e. The quantitative estimate of drug-likeness (QED) is 0.700. The van der Waals surface area contributed by atoms with Crippen molar-refractivity contribution in [3.63, 3.8) is 0 Å². The van der Waals surface area contributed by atoms with Crippen LogP contribution in [-0.4, -0.2) is 68.2 Å². The van der Waals surface area contributed by atoms with Gasteiger partial charge in [0.05, 0.1) is 17.5 Å². The van der Waals surface area contributed by atoms with Gasteiger partial charge in [0.1, 0.15) is 19.3 Å². The molecule has 0 bridgehead atoms. The number of ether oxygens (including phenoxy) is 3. The number of amides is 1. The monoisotopic (exact) mass is 424 g/mol. The molecule has 1 aromatic carbocycles. The first-order valence-electron chi connectivity index (χ1n) is 9.30. The van der Waals surface area contributed by atoms with Crippen LogP contribution in [0.5, 0.6) is 11.5 Å². The minimum atomic E-state index is -3.11. The van der Waals surface area contributed by atoms with Crippen LogP contribution >= 0.6 is 11.8 Å². The number of hydrogen-bond acceptors (Lipinski definition) is 7. The molecule has 0 saturated carbocycles. The number of hydrogen-bond donors (Lipinski definition) is 0. The molecule has 3 saturated heterocycles. The van der Waals surface area contributed by atoms with Crippen molar-refractivity contribution in [1.82, 2.24) is 0 Å². The summed E-state index contributed by atoms with van der Waals surface area (Å²) in [6.07, 6.45) is 1.02. The number of rotatable bonds is 2. The Morgan fingerprint density at radius 1 is 1.14 bits per heavy atom. The average Bonchev–Trinajstić information content (AvgIpc) is 3.36. The van der Waals surface area contributed by atoms with Crippen LogP contribution in [0.4, 0.5) is 5.69 Å². The van der Waals surface area contributed by atoms with Gasteiger partial charge in [-0.3, -0.25) is 4.79 Å². The van der Waals surface area contributed by atoms with Gasteiger partial charge in [-0.05, 0) is 25.0 Å². The maximum Gasteiger partial charge on any atom is 0.277 e. The fraction of sp³-hybridized carbons (Fsp3) is 0.556. The van der Waals surface area contributed by atoms with Crippen LogP contribution < -0.4 is 14.4 Å². The van der Waals surface area contributed by atoms with Crippen LogP contribution in [-0.2, 0) is 19.4 Å². The molecule has 4 aliphatic heterocycles. The lowest BCUT2D eigenvalue weighted by Crippen LogP contribution is -2.38. The molecule has 0 aliphatic carbocycles. The summed E-state index contributed by atoms with van der Waals surface area (Å²) in [5.74, 6) is 1.11. The van der Waals surface area contributed by atoms with Gasteiger partial charge in [-0.1, -0.05) is 11.8 Å². The number of thioether (sulfide) groups is 1. The van der Waals surface area contributed by atoms with E-state index < -0.39 is 15.9 Å². The van der Waals surface area contributed by atoms with Crippen LogP contribution in [0.2, 0.25) is 0 Å². The predicted molar refractivity (Wildman–Crippen MR) is 105 cm³/mol. The number of amidine groups is 1. The standard InChI is InChI=1S/C18H20N2O6S2/c21-17(14-2-1-5-24-14)19-18-20(12-9-28(22,23)10-16(12)27-18)11-3-4-13-15(8-11)26-7-6-25-13/h3-4,8,12,14,16H,1-2,5-7,9-10H2. The van der Waals surface area contributed by atoms with E-state index in [0.717, 1.165) is 12.1 Å². The van der Waals surface area contributed by atoms with Crippen molar-refractivity contribution >= 4 is 38.4 Å². The third-order valence-corrected chi connectivity index (χ3v) is 8.49. The molecule has 0 aromatic heterocycles. The summed E-state index contributed by atoms with van der Waals surface area (Å²) >= 11 is 1.36. The topological polar surface area (TPSA) is 94.5 Å². The summed E-state index contributed by atoms with van der Waals surface area (Å²) in [7, 11) is -3.11. The molecule has 28 heavy (non-hydrogen) atoms. The fourth-order valence-electron chi connectivity index (χ4n) is 3.99. The number of fused-ring (bicyclic) bond motifs is 2. The summed E-state index contributed by atoms with van der Waals surface area (Å²) in [6.45, 7) is 1.53. The van der Waals surface area contributed by atoms with Crippen molar-refractivity contribution < 1.29 is 27.4 Å². The Labute approximate surface area is 167 Å². The minimum absolute atomic E-state index is 0.0479. The zero-order chi connectivity index (χ0) is 19.3. The Morgan fingerprint density at radius 2 is 1.96 bits per heavy atom. The first-order valence-corrected chi connectivity index (χ1v) is 12.0. The smallest absolute Gasteiger partial charge is 0.277 e. The summed E-state index contributed by atoms with van der Waals surface area (Å²) in [6, 6.07) is 5.24. The molecule has 4 heterocycles. The molecular formula is C18H20N2O6S2. The molecule has 0 spiro atoms. The second-order valence-corrected chi connectivity index (χ2v) is 10.6. The molecule has 0 N–H and O–H groups in total. The number of sulfone groups is 1. The highest BCUT2D eigenvalue weighted by Gasteiger charge is 2.49. The Bertz CT molecular complexity index is 941. The van der Waals surface area contributed by atoms with Gasteiger partial charge in [0.25, 0.3) is 5.91 Å². The van der Waals surface area contributed by atoms with Crippen LogP contribution in [0.25, 0.3) is 0 Å². The van der Waals surface area contributed by atoms with Gasteiger partial charge in [0.2, 0.25) is 0 Å². The Balaban J connectivity index is 1.51. The zero-order valence-corrected chi connectivity index (χ0v) is 16.7. The molecule has 3 atom stereocenters. The predicted octanol–water partition coefficient (Wildman–Crippen LogP) is 1.24. The van der Waals surface area contributed by atoms with Crippen molar-refractivity contribution in [3.8, 4) is 11.5 Å². The number of nitrogens with zero attached hydrogens (tertiary/aromatic N) is 2. The second kappa shape index (κ2) is 6.93. The van der Waals surface area contributed by atoms with Gasteiger partial charge >= 0.3 is 0 Å². The van der Waals surface area contributed by atoms with Crippen molar-refractivity contribution in [2.24, 2.45) is 4.99 Å². The van der Waals surface area contributed by atoms with E-state index in [0.29, 0.717) is 42.9 Å². The number of benzene rings is 1. The van der Waals surface area contributed by atoms with Crippen LogP contribution in [0.1, 0.15) is 12.8 Å². The van der Waals surface area contributed by atoms with Gasteiger partial charge in [-0.15, -0.1) is 0 Å². The molecule has 8 nitrogen and oxygen atoms in total. The van der Waals surface area contributed by atoms with E-state index in [1.54, 1.807) is 0 Å². The van der Waals surface area contributed by atoms with E-state index in [4.69, 9.17) is 14.2 Å². The third kappa shape index (κ3) is 3.27. The van der Waals surface area contributed by atoms with Gasteiger partial charge < -0.3 is 19.1 Å². The van der Waals surface area contributed by atoms with Gasteiger partial charge in [0, 0.05) is 23.6 Å². The van der Waals surface area contributed by atoms with Gasteiger partial charge in [-0.2, -0.15) is 4.99 Å². The molecule has 150 valence electrons. The molecule has 1 amide bonds. The van der Waals surface area contributed by atoms with Crippen molar-refractivity contribution in [2.75, 3.05) is 36.2 Å². The lowest BCUT2D eigenvalue weighted by molar-refractivity contribution is -0.126. The highest BCUT2D eigenvalue weighted by atomic mass is 32.2. The van der Waals surface area contributed by atoms with Crippen LogP contribution in [0.15, 0.2) is 23.2 Å². The number of anilines is 1. The summed E-state index contributed by atoms with van der Waals surface area (Å²) in [4.78, 5) is 18.7. The number of aliphatic imine (C=N–C) groups is 1. The van der Waals surface area contributed by atoms with Crippen molar-refractivity contribution in [1.29, 1.82) is 0 Å². The summed E-state index contributed by atoms with van der Waals surface area (Å²) < 4.78 is 41.1. The fourth-order valence-corrected chi connectivity index (χ4v) is 7.91. The van der Waals surface area contributed by atoms with E-state index >= 15 is 0 Å². The van der Waals surface area contributed by atoms with E-state index in [2.05, 4.69) is 4.99 Å². The summed E-state index contributed by atoms with van der Waals surface area (Å²) in [5.41, 5.74) is 0.750. The van der Waals surface area contributed by atoms with Crippen LogP contribution in [0.3, 0.4) is 0 Å². The van der Waals surface area contributed by atoms with E-state index in [-0.39, 0.29) is 28.7 Å². The molecule has 3 fully saturated rings. The van der Waals surface area contributed by atoms with Gasteiger partial charge in [-0.25, -0.2) is 8.42 Å². The number of carbonyl (C=O) groups excluding carboxylic acids is 1. The zero-order valence-electron chi connectivity index (χ0n) is 15.1. The molecule has 1 aromatic rings. The van der Waals surface area contributed by atoms with Crippen molar-refractivity contribution in [2.45, 2.75) is 30.2 Å². The van der Waals surface area contributed by atoms with Gasteiger partial charge in [0.15, 0.2) is 26.5 Å². The molecule has 5 rings (SSSR count). The maximum atomic E-state index is 12.5. The Morgan fingerprint density at radius 3 is 2.75 bits per heavy atom. The second-order valence-electron chi connectivity index (χ2n) is 7.23. The maximum absolute atomic E-state index is 12.5. The molecule has 0 radical (unpaired) electrons. The van der Waals surface area contributed by atoms with Crippen molar-refractivity contribution in [3.05, 3.63) is 18.2 Å². The normalized spacial score (nSPS) is 31.9. The SMILES string of the molecule is O=C(N=C1SC2CS(=O)(=O)CC2N1c1ccc2c(c1)OCCO2)C1CCCO1. The van der Waals surface area contributed by atoms with E-state index in [9.17, 15) is 13.2 Å². The highest BCUT2D eigenvalue weighted by molar-refractivity contribution is 8.16. The van der Waals surface area contributed by atoms with Crippen LogP contribution in [0, 0.1) is 0 Å². The first kappa shape index (κ1) is 18.3. The molecule has 4 aliphatic rings. The average molecular weight is 425 g/mol. The first-order chi connectivity index (χ1) is 13.5. The molecular weight excluding hydrogens is 404 g/mol. The largest absolute Gasteiger partial charge is 0.486 e. The Kier molecular flexibility index (Phi) is 4.52. The Hall–Kier alpha value is -1.78. The molecule has 10 heteroatoms. The number of carbonyl (C=O) groups is 1. The third-order valence-electron chi connectivity index (χ3n) is 5.28. The lowest BCUT2D eigenvalue weighted by atomic mass is 10.2. The molecule has 3 unspecified atom stereocenters. The highest BCUT2D eigenvalue weighted by Crippen LogP contribution is 2.43. The van der Waals surface area contributed by atoms with E-state index in [1.165, 1.54) is 11.8 Å². The van der Waals surface area contributed by atoms with E-state index in [1.807, 2.05) is 23.1 Å². The summed E-state index contributed by atoms with van der Waals surface area (Å²) in [5, 5.41) is 0.385.